The van der Waals surface area contributed by atoms with Gasteiger partial charge in [0.15, 0.2) is 0 Å². The van der Waals surface area contributed by atoms with E-state index in [1.165, 1.54) is 11.3 Å². The molecule has 0 aliphatic rings. The quantitative estimate of drug-likeness (QED) is 0.811. The van der Waals surface area contributed by atoms with Gasteiger partial charge in [0.25, 0.3) is 0 Å². The molecule has 1 aromatic rings. The van der Waals surface area contributed by atoms with E-state index in [9.17, 15) is 4.79 Å². The van der Waals surface area contributed by atoms with Gasteiger partial charge in [-0.2, -0.15) is 0 Å². The number of thiophene rings is 1. The molecule has 0 saturated heterocycles. The van der Waals surface area contributed by atoms with E-state index in [0.717, 1.165) is 9.88 Å². The first-order chi connectivity index (χ1) is 8.01. The highest BCUT2D eigenvalue weighted by Gasteiger charge is 2.23. The Hall–Kier alpha value is -0.780. The number of anilines is 1. The van der Waals surface area contributed by atoms with Crippen molar-refractivity contribution >= 4 is 33.9 Å². The fourth-order valence-corrected chi connectivity index (χ4v) is 3.04. The molecule has 0 aliphatic heterocycles. The molecule has 1 aromatic heterocycles. The van der Waals surface area contributed by atoms with Gasteiger partial charge in [-0.3, -0.25) is 0 Å². The third kappa shape index (κ3) is 3.34. The maximum atomic E-state index is 11.8. The fraction of sp³-hybridized carbons (Fsp3) is 0.545. The molecule has 1 atom stereocenters. The second-order valence-corrected chi connectivity index (χ2v) is 5.18. The normalized spacial score (nSPS) is 12.3. The molecule has 1 unspecified atom stereocenters. The summed E-state index contributed by atoms with van der Waals surface area (Å²) in [6, 6.07) is 0.00546. The minimum absolute atomic E-state index is 0.00546. The maximum absolute atomic E-state index is 11.8. The van der Waals surface area contributed by atoms with Crippen LogP contribution in [-0.4, -0.2) is 25.7 Å². The Bertz CT molecular complexity index is 404. The van der Waals surface area contributed by atoms with E-state index in [1.807, 2.05) is 6.92 Å². The van der Waals surface area contributed by atoms with Gasteiger partial charge < -0.3 is 15.8 Å². The Labute approximate surface area is 110 Å². The van der Waals surface area contributed by atoms with Gasteiger partial charge in [-0.1, -0.05) is 11.6 Å². The molecule has 0 saturated carbocycles. The van der Waals surface area contributed by atoms with E-state index >= 15 is 0 Å². The number of carbonyl (C=O) groups excluding carboxylic acids is 1. The molecule has 1 rings (SSSR count). The van der Waals surface area contributed by atoms with Crippen molar-refractivity contribution in [1.82, 2.24) is 0 Å². The van der Waals surface area contributed by atoms with Crippen molar-refractivity contribution in [1.29, 1.82) is 0 Å². The summed E-state index contributed by atoms with van der Waals surface area (Å²) in [4.78, 5) is 12.7. The van der Waals surface area contributed by atoms with Crippen LogP contribution in [0.2, 0.25) is 5.02 Å². The third-order valence-corrected chi connectivity index (χ3v) is 3.89. The number of rotatable bonds is 5. The van der Waals surface area contributed by atoms with Crippen LogP contribution >= 0.6 is 22.9 Å². The molecular weight excluding hydrogens is 260 g/mol. The van der Waals surface area contributed by atoms with Gasteiger partial charge in [-0.05, 0) is 20.3 Å². The molecule has 6 heteroatoms. The first kappa shape index (κ1) is 14.3. The molecule has 4 nitrogen and oxygen atoms in total. The number of halogens is 1. The van der Waals surface area contributed by atoms with Gasteiger partial charge in [-0.15, -0.1) is 11.3 Å². The third-order valence-electron chi connectivity index (χ3n) is 2.13. The van der Waals surface area contributed by atoms with Crippen molar-refractivity contribution in [3.05, 3.63) is 15.5 Å². The molecule has 0 aromatic carbocycles. The predicted octanol–water partition coefficient (Wildman–Crippen LogP) is 2.51. The summed E-state index contributed by atoms with van der Waals surface area (Å²) in [5.74, 6) is -0.394. The van der Waals surface area contributed by atoms with Crippen LogP contribution in [0.3, 0.4) is 0 Å². The molecule has 0 radical (unpaired) electrons. The van der Waals surface area contributed by atoms with Gasteiger partial charge >= 0.3 is 5.97 Å². The Morgan fingerprint density at radius 1 is 1.65 bits per heavy atom. The van der Waals surface area contributed by atoms with Crippen molar-refractivity contribution in [2.24, 2.45) is 5.73 Å². The van der Waals surface area contributed by atoms with Gasteiger partial charge in [0, 0.05) is 18.0 Å². The minimum atomic E-state index is -0.394. The van der Waals surface area contributed by atoms with Crippen molar-refractivity contribution in [2.45, 2.75) is 26.3 Å². The Kier molecular flexibility index (Phi) is 5.24. The van der Waals surface area contributed by atoms with Crippen LogP contribution in [-0.2, 0) is 11.2 Å². The van der Waals surface area contributed by atoms with Crippen LogP contribution in [0, 0.1) is 0 Å². The number of hydrogen-bond donors (Lipinski definition) is 2. The Balaban J connectivity index is 3.10. The topological polar surface area (TPSA) is 64.3 Å². The highest BCUT2D eigenvalue weighted by molar-refractivity contribution is 7.17. The molecular formula is C11H17ClN2O2S. The van der Waals surface area contributed by atoms with Crippen LogP contribution in [0.5, 0.6) is 0 Å². The second-order valence-electron chi connectivity index (χ2n) is 3.70. The lowest BCUT2D eigenvalue weighted by molar-refractivity contribution is 0.0528. The zero-order chi connectivity index (χ0) is 13.0. The lowest BCUT2D eigenvalue weighted by Gasteiger charge is -2.04. The van der Waals surface area contributed by atoms with Crippen LogP contribution in [0.4, 0.5) is 5.00 Å². The summed E-state index contributed by atoms with van der Waals surface area (Å²) in [7, 11) is 1.75. The number of esters is 1. The number of nitrogens with two attached hydrogens (primary N) is 1. The van der Waals surface area contributed by atoms with E-state index in [4.69, 9.17) is 22.1 Å². The van der Waals surface area contributed by atoms with Gasteiger partial charge in [0.2, 0.25) is 0 Å². The van der Waals surface area contributed by atoms with E-state index in [-0.39, 0.29) is 6.04 Å². The Morgan fingerprint density at radius 3 is 2.76 bits per heavy atom. The molecule has 0 amide bonds. The number of nitrogens with one attached hydrogen (secondary N) is 1. The van der Waals surface area contributed by atoms with Crippen molar-refractivity contribution in [3.8, 4) is 0 Å². The summed E-state index contributed by atoms with van der Waals surface area (Å²) < 4.78 is 4.98. The lowest BCUT2D eigenvalue weighted by atomic mass is 10.2. The summed E-state index contributed by atoms with van der Waals surface area (Å²) in [6.45, 7) is 4.00. The lowest BCUT2D eigenvalue weighted by Crippen LogP contribution is -2.17. The van der Waals surface area contributed by atoms with E-state index in [2.05, 4.69) is 5.32 Å². The van der Waals surface area contributed by atoms with E-state index in [0.29, 0.717) is 23.6 Å². The van der Waals surface area contributed by atoms with Crippen LogP contribution in [0.1, 0.15) is 29.1 Å². The smallest absolute Gasteiger partial charge is 0.342 e. The van der Waals surface area contributed by atoms with Crippen LogP contribution in [0.25, 0.3) is 0 Å². The molecule has 96 valence electrons. The maximum Gasteiger partial charge on any atom is 0.342 e. The molecule has 0 bridgehead atoms. The predicted molar refractivity (Wildman–Crippen MR) is 72.2 cm³/mol. The highest BCUT2D eigenvalue weighted by Crippen LogP contribution is 2.38. The summed E-state index contributed by atoms with van der Waals surface area (Å²) in [5.41, 5.74) is 6.15. The summed E-state index contributed by atoms with van der Waals surface area (Å²) in [5, 5.41) is 4.14. The first-order valence-corrected chi connectivity index (χ1v) is 6.62. The molecule has 17 heavy (non-hydrogen) atoms. The molecule has 0 aliphatic carbocycles. The van der Waals surface area contributed by atoms with Crippen LogP contribution in [0.15, 0.2) is 0 Å². The molecule has 1 heterocycles. The van der Waals surface area contributed by atoms with E-state index < -0.39 is 5.97 Å². The fourth-order valence-electron chi connectivity index (χ4n) is 1.44. The summed E-state index contributed by atoms with van der Waals surface area (Å²) in [6.07, 6.45) is 0.650. The zero-order valence-corrected chi connectivity index (χ0v) is 11.7. The number of hydrogen-bond acceptors (Lipinski definition) is 5. The first-order valence-electron chi connectivity index (χ1n) is 5.42. The average molecular weight is 277 g/mol. The standard InChI is InChI=1S/C11H17ClN2O2S/c1-4-16-11(15)8-9(12)7(5-6(2)13)17-10(8)14-3/h6,14H,4-5,13H2,1-3H3. The summed E-state index contributed by atoms with van der Waals surface area (Å²) >= 11 is 7.64. The van der Waals surface area contributed by atoms with Gasteiger partial charge in [0.1, 0.15) is 10.6 Å². The minimum Gasteiger partial charge on any atom is -0.462 e. The van der Waals surface area contributed by atoms with Gasteiger partial charge in [0.05, 0.1) is 11.6 Å². The largest absolute Gasteiger partial charge is 0.462 e. The molecule has 0 fully saturated rings. The number of carbonyl (C=O) groups is 1. The Morgan fingerprint density at radius 2 is 2.29 bits per heavy atom. The van der Waals surface area contributed by atoms with Crippen molar-refractivity contribution in [3.63, 3.8) is 0 Å². The molecule has 0 spiro atoms. The van der Waals surface area contributed by atoms with E-state index in [1.54, 1.807) is 14.0 Å². The number of ether oxygens (including phenoxy) is 1. The molecule has 3 N–H and O–H groups in total. The van der Waals surface area contributed by atoms with Crippen LogP contribution < -0.4 is 11.1 Å². The van der Waals surface area contributed by atoms with Crippen molar-refractivity contribution in [2.75, 3.05) is 19.0 Å². The van der Waals surface area contributed by atoms with Crippen molar-refractivity contribution < 1.29 is 9.53 Å². The zero-order valence-electron chi connectivity index (χ0n) is 10.2. The van der Waals surface area contributed by atoms with Gasteiger partial charge in [-0.25, -0.2) is 4.79 Å². The second kappa shape index (κ2) is 6.23. The SMILES string of the molecule is CCOC(=O)c1c(NC)sc(CC(C)N)c1Cl. The monoisotopic (exact) mass is 276 g/mol. The average Bonchev–Trinajstić information content (AvgIpc) is 2.55. The highest BCUT2D eigenvalue weighted by atomic mass is 35.5.